The van der Waals surface area contributed by atoms with Crippen LogP contribution >= 0.6 is 0 Å². The molecule has 0 saturated heterocycles. The van der Waals surface area contributed by atoms with Gasteiger partial charge in [-0.15, -0.1) is 0 Å². The van der Waals surface area contributed by atoms with Crippen molar-refractivity contribution in [2.45, 2.75) is 162 Å². The monoisotopic (exact) mass is 497 g/mol. The summed E-state index contributed by atoms with van der Waals surface area (Å²) >= 11 is 0. The van der Waals surface area contributed by atoms with E-state index in [1.165, 1.54) is 96.3 Å². The number of nitrogens with zero attached hydrogens (tertiary/aromatic N) is 1. The van der Waals surface area contributed by atoms with Crippen molar-refractivity contribution in [1.82, 2.24) is 4.90 Å². The number of rotatable bonds is 27. The largest absolute Gasteiger partial charge is 0.481 e. The Morgan fingerprint density at radius 2 is 1.03 bits per heavy atom. The molecule has 1 N–H and O–H groups in total. The predicted molar refractivity (Wildman–Crippen MR) is 148 cm³/mol. The molecule has 0 radical (unpaired) electrons. The Morgan fingerprint density at radius 3 is 1.43 bits per heavy atom. The summed E-state index contributed by atoms with van der Waals surface area (Å²) in [4.78, 5) is 25.9. The Labute approximate surface area is 217 Å². The quantitative estimate of drug-likeness (QED) is 0.0909. The van der Waals surface area contributed by atoms with Gasteiger partial charge in [0.05, 0.1) is 13.0 Å². The lowest BCUT2D eigenvalue weighted by molar-refractivity contribution is -0.154. The van der Waals surface area contributed by atoms with Crippen molar-refractivity contribution in [2.75, 3.05) is 19.7 Å². The van der Waals surface area contributed by atoms with E-state index in [9.17, 15) is 14.7 Å². The summed E-state index contributed by atoms with van der Waals surface area (Å²) in [6, 6.07) is -0.666. The highest BCUT2D eigenvalue weighted by Gasteiger charge is 2.28. The first-order valence-corrected chi connectivity index (χ1v) is 15.2. The average molecular weight is 498 g/mol. The van der Waals surface area contributed by atoms with Crippen LogP contribution in [0.2, 0.25) is 0 Å². The van der Waals surface area contributed by atoms with Crippen LogP contribution in [0.4, 0.5) is 0 Å². The number of carboxylic acids is 1. The maximum atomic E-state index is 12.6. The van der Waals surface area contributed by atoms with E-state index in [-0.39, 0.29) is 12.4 Å². The molecule has 0 saturated carbocycles. The molecule has 0 fully saturated rings. The molecule has 0 spiro atoms. The molecule has 35 heavy (non-hydrogen) atoms. The van der Waals surface area contributed by atoms with Gasteiger partial charge in [-0.2, -0.15) is 0 Å². The van der Waals surface area contributed by atoms with Gasteiger partial charge in [0.25, 0.3) is 0 Å². The minimum atomic E-state index is -0.943. The minimum absolute atomic E-state index is 0.181. The number of esters is 1. The standard InChI is InChI=1S/C30H59NO4/c1-4-7-9-11-12-13-14-15-16-17-18-19-20-21-22-24-26-35-30(34)28(27-29(32)33)31(6-3)25-23-10-8-5-2/h28H,4-27H2,1-3H3,(H,32,33)/t28-/m0/s1. The smallest absolute Gasteiger partial charge is 0.323 e. The van der Waals surface area contributed by atoms with Crippen molar-refractivity contribution in [2.24, 2.45) is 0 Å². The maximum absolute atomic E-state index is 12.6. The molecule has 0 unspecified atom stereocenters. The molecular weight excluding hydrogens is 438 g/mol. The van der Waals surface area contributed by atoms with E-state index in [4.69, 9.17) is 4.74 Å². The first kappa shape index (κ1) is 33.9. The van der Waals surface area contributed by atoms with Gasteiger partial charge in [-0.3, -0.25) is 14.5 Å². The van der Waals surface area contributed by atoms with Crippen LogP contribution < -0.4 is 0 Å². The molecule has 5 heteroatoms. The van der Waals surface area contributed by atoms with Gasteiger partial charge >= 0.3 is 11.9 Å². The number of aliphatic carboxylic acids is 1. The van der Waals surface area contributed by atoms with Crippen LogP contribution in [0.3, 0.4) is 0 Å². The number of hydrogen-bond acceptors (Lipinski definition) is 4. The number of carboxylic acid groups (broad SMARTS) is 1. The van der Waals surface area contributed by atoms with Gasteiger partial charge in [0.2, 0.25) is 0 Å². The van der Waals surface area contributed by atoms with E-state index in [1.807, 2.05) is 11.8 Å². The number of hydrogen-bond donors (Lipinski definition) is 1. The number of carbonyl (C=O) groups excluding carboxylic acids is 1. The summed E-state index contributed by atoms with van der Waals surface area (Å²) in [6.07, 6.45) is 25.3. The van der Waals surface area contributed by atoms with Gasteiger partial charge in [0, 0.05) is 0 Å². The molecule has 0 aromatic heterocycles. The van der Waals surface area contributed by atoms with Crippen LogP contribution in [0.1, 0.15) is 156 Å². The lowest BCUT2D eigenvalue weighted by atomic mass is 10.0. The van der Waals surface area contributed by atoms with Crippen LogP contribution in [-0.2, 0) is 14.3 Å². The number of ether oxygens (including phenoxy) is 1. The van der Waals surface area contributed by atoms with Crippen LogP contribution in [-0.4, -0.2) is 47.7 Å². The second-order valence-electron chi connectivity index (χ2n) is 10.3. The average Bonchev–Trinajstić information content (AvgIpc) is 2.84. The van der Waals surface area contributed by atoms with Crippen molar-refractivity contribution < 1.29 is 19.4 Å². The molecule has 0 amide bonds. The molecule has 208 valence electrons. The minimum Gasteiger partial charge on any atom is -0.481 e. The molecular formula is C30H59NO4. The number of carbonyl (C=O) groups is 2. The van der Waals surface area contributed by atoms with Crippen LogP contribution in [0.5, 0.6) is 0 Å². The lowest BCUT2D eigenvalue weighted by Crippen LogP contribution is -2.44. The second-order valence-corrected chi connectivity index (χ2v) is 10.3. The van der Waals surface area contributed by atoms with Crippen molar-refractivity contribution in [3.63, 3.8) is 0 Å². The molecule has 1 atom stereocenters. The third-order valence-corrected chi connectivity index (χ3v) is 7.03. The molecule has 0 aromatic rings. The Balaban J connectivity index is 3.77. The SMILES string of the molecule is CCCCCCCCCCCCCCCCCCOC(=O)[C@H](CC(=O)O)N(CC)CCCCCC. The summed E-state index contributed by atoms with van der Waals surface area (Å²) < 4.78 is 5.49. The fourth-order valence-corrected chi connectivity index (χ4v) is 4.72. The molecule has 5 nitrogen and oxygen atoms in total. The molecule has 0 aromatic carbocycles. The van der Waals surface area contributed by atoms with Crippen molar-refractivity contribution >= 4 is 11.9 Å². The Morgan fingerprint density at radius 1 is 0.629 bits per heavy atom. The Kier molecular flexibility index (Phi) is 25.2. The van der Waals surface area contributed by atoms with E-state index in [1.54, 1.807) is 0 Å². The van der Waals surface area contributed by atoms with Gasteiger partial charge in [-0.1, -0.05) is 136 Å². The Bertz CT molecular complexity index is 483. The van der Waals surface area contributed by atoms with Gasteiger partial charge < -0.3 is 9.84 Å². The molecule has 0 aliphatic carbocycles. The highest BCUT2D eigenvalue weighted by Crippen LogP contribution is 2.14. The molecule has 0 rings (SSSR count). The van der Waals surface area contributed by atoms with Crippen LogP contribution in [0, 0.1) is 0 Å². The summed E-state index contributed by atoms with van der Waals surface area (Å²) in [5, 5.41) is 9.27. The zero-order chi connectivity index (χ0) is 26.0. The summed E-state index contributed by atoms with van der Waals surface area (Å²) in [6.45, 7) is 8.25. The predicted octanol–water partition coefficient (Wildman–Crippen LogP) is 8.54. The highest BCUT2D eigenvalue weighted by atomic mass is 16.5. The third kappa shape index (κ3) is 21.9. The van der Waals surface area contributed by atoms with Crippen LogP contribution in [0.15, 0.2) is 0 Å². The summed E-state index contributed by atoms with van der Waals surface area (Å²) in [5.41, 5.74) is 0. The molecule has 0 heterocycles. The van der Waals surface area contributed by atoms with E-state index in [0.717, 1.165) is 38.6 Å². The summed E-state index contributed by atoms with van der Waals surface area (Å²) in [7, 11) is 0. The normalized spacial score (nSPS) is 12.2. The zero-order valence-corrected chi connectivity index (χ0v) is 23.7. The maximum Gasteiger partial charge on any atom is 0.323 e. The highest BCUT2D eigenvalue weighted by molar-refractivity contribution is 5.82. The number of likely N-dealkylation sites (N-methyl/N-ethyl adjacent to an activating group) is 1. The third-order valence-electron chi connectivity index (χ3n) is 7.03. The van der Waals surface area contributed by atoms with Gasteiger partial charge in [0.15, 0.2) is 0 Å². The molecule has 0 aliphatic heterocycles. The van der Waals surface area contributed by atoms with Crippen molar-refractivity contribution in [1.29, 1.82) is 0 Å². The first-order chi connectivity index (χ1) is 17.1. The topological polar surface area (TPSA) is 66.8 Å². The molecule has 0 aliphatic rings. The van der Waals surface area contributed by atoms with Crippen molar-refractivity contribution in [3.8, 4) is 0 Å². The zero-order valence-electron chi connectivity index (χ0n) is 23.7. The van der Waals surface area contributed by atoms with Gasteiger partial charge in [-0.05, 0) is 25.9 Å². The second kappa shape index (κ2) is 26.0. The van der Waals surface area contributed by atoms with Crippen LogP contribution in [0.25, 0.3) is 0 Å². The first-order valence-electron chi connectivity index (χ1n) is 15.2. The fourth-order valence-electron chi connectivity index (χ4n) is 4.72. The number of unbranched alkanes of at least 4 members (excludes halogenated alkanes) is 18. The van der Waals surface area contributed by atoms with E-state index < -0.39 is 12.0 Å². The molecule has 0 bridgehead atoms. The fraction of sp³-hybridized carbons (Fsp3) is 0.933. The van der Waals surface area contributed by atoms with E-state index >= 15 is 0 Å². The summed E-state index contributed by atoms with van der Waals surface area (Å²) in [5.74, 6) is -1.31. The van der Waals surface area contributed by atoms with E-state index in [2.05, 4.69) is 13.8 Å². The van der Waals surface area contributed by atoms with Gasteiger partial charge in [0.1, 0.15) is 6.04 Å². The van der Waals surface area contributed by atoms with Crippen molar-refractivity contribution in [3.05, 3.63) is 0 Å². The Hall–Kier alpha value is -1.10. The van der Waals surface area contributed by atoms with E-state index in [0.29, 0.717) is 13.2 Å². The lowest BCUT2D eigenvalue weighted by Gasteiger charge is -2.28. The van der Waals surface area contributed by atoms with Gasteiger partial charge in [-0.25, -0.2) is 0 Å².